The van der Waals surface area contributed by atoms with Gasteiger partial charge in [0.25, 0.3) is 0 Å². The Hall–Kier alpha value is -0.870. The maximum atomic E-state index is 5.54. The fourth-order valence-corrected chi connectivity index (χ4v) is 2.32. The van der Waals surface area contributed by atoms with Crippen molar-refractivity contribution in [1.82, 2.24) is 14.9 Å². The van der Waals surface area contributed by atoms with Crippen molar-refractivity contribution < 1.29 is 4.74 Å². The lowest BCUT2D eigenvalue weighted by Crippen LogP contribution is -2.48. The molecule has 4 nitrogen and oxygen atoms in total. The standard InChI is InChI=1S/C13H23N3O/c1-3-7-16-8-6-14-12(16)10-15-13(2)5-4-9-17-11-13/h6,8,15H,3-5,7,9-11H2,1-2H3. The van der Waals surface area contributed by atoms with Crippen LogP contribution >= 0.6 is 0 Å². The monoisotopic (exact) mass is 237 g/mol. The van der Waals surface area contributed by atoms with Gasteiger partial charge in [0.1, 0.15) is 5.82 Å². The second kappa shape index (κ2) is 5.65. The summed E-state index contributed by atoms with van der Waals surface area (Å²) in [4.78, 5) is 4.41. The summed E-state index contributed by atoms with van der Waals surface area (Å²) in [6.07, 6.45) is 7.41. The first-order valence-corrected chi connectivity index (χ1v) is 6.56. The molecule has 1 atom stereocenters. The van der Waals surface area contributed by atoms with Gasteiger partial charge in [-0.25, -0.2) is 4.98 Å². The van der Waals surface area contributed by atoms with E-state index in [-0.39, 0.29) is 5.54 Å². The van der Waals surface area contributed by atoms with Crippen LogP contribution in [-0.2, 0) is 17.8 Å². The van der Waals surface area contributed by atoms with Gasteiger partial charge in [-0.1, -0.05) is 6.92 Å². The fourth-order valence-electron chi connectivity index (χ4n) is 2.32. The van der Waals surface area contributed by atoms with Crippen molar-refractivity contribution in [2.24, 2.45) is 0 Å². The maximum Gasteiger partial charge on any atom is 0.122 e. The fraction of sp³-hybridized carbons (Fsp3) is 0.769. The van der Waals surface area contributed by atoms with Crippen LogP contribution in [0.4, 0.5) is 0 Å². The molecule has 1 N–H and O–H groups in total. The largest absolute Gasteiger partial charge is 0.380 e. The van der Waals surface area contributed by atoms with Crippen LogP contribution in [0.5, 0.6) is 0 Å². The molecule has 0 radical (unpaired) electrons. The lowest BCUT2D eigenvalue weighted by molar-refractivity contribution is 0.0273. The molecule has 1 aliphatic rings. The molecule has 1 aliphatic heterocycles. The molecule has 0 aliphatic carbocycles. The Bertz CT molecular complexity index is 342. The Kier molecular flexibility index (Phi) is 4.18. The molecule has 0 amide bonds. The Morgan fingerprint density at radius 3 is 3.18 bits per heavy atom. The van der Waals surface area contributed by atoms with Gasteiger partial charge in [0, 0.05) is 31.1 Å². The van der Waals surface area contributed by atoms with Crippen molar-refractivity contribution in [3.05, 3.63) is 18.2 Å². The number of hydrogen-bond donors (Lipinski definition) is 1. The highest BCUT2D eigenvalue weighted by molar-refractivity contribution is 4.95. The van der Waals surface area contributed by atoms with E-state index in [4.69, 9.17) is 4.74 Å². The van der Waals surface area contributed by atoms with E-state index in [1.807, 2.05) is 6.20 Å². The molecule has 0 spiro atoms. The Labute approximate surface area is 103 Å². The molecule has 96 valence electrons. The summed E-state index contributed by atoms with van der Waals surface area (Å²) in [6, 6.07) is 0. The number of hydrogen-bond acceptors (Lipinski definition) is 3. The molecule has 0 aromatic carbocycles. The van der Waals surface area contributed by atoms with Crippen LogP contribution in [0.1, 0.15) is 38.9 Å². The zero-order valence-corrected chi connectivity index (χ0v) is 10.9. The van der Waals surface area contributed by atoms with E-state index in [0.29, 0.717) is 0 Å². The van der Waals surface area contributed by atoms with E-state index in [0.717, 1.165) is 45.0 Å². The molecular formula is C13H23N3O. The van der Waals surface area contributed by atoms with Gasteiger partial charge in [-0.15, -0.1) is 0 Å². The molecule has 1 unspecified atom stereocenters. The number of aryl methyl sites for hydroxylation is 1. The van der Waals surface area contributed by atoms with E-state index in [2.05, 4.69) is 34.9 Å². The molecule has 0 saturated carbocycles. The SMILES string of the molecule is CCCn1ccnc1CNC1(C)CCCOC1. The Morgan fingerprint density at radius 2 is 2.47 bits per heavy atom. The molecule has 0 bridgehead atoms. The molecule has 1 fully saturated rings. The third-order valence-corrected chi connectivity index (χ3v) is 3.38. The van der Waals surface area contributed by atoms with E-state index in [1.165, 1.54) is 6.42 Å². The molecule has 1 aromatic rings. The van der Waals surface area contributed by atoms with Crippen LogP contribution in [0.2, 0.25) is 0 Å². The van der Waals surface area contributed by atoms with Crippen molar-refractivity contribution in [1.29, 1.82) is 0 Å². The molecule has 17 heavy (non-hydrogen) atoms. The van der Waals surface area contributed by atoms with Crippen molar-refractivity contribution in [2.45, 2.75) is 51.7 Å². The van der Waals surface area contributed by atoms with Crippen molar-refractivity contribution >= 4 is 0 Å². The average molecular weight is 237 g/mol. The molecule has 2 heterocycles. The zero-order chi connectivity index (χ0) is 12.1. The molecule has 1 aromatic heterocycles. The quantitative estimate of drug-likeness (QED) is 0.850. The molecule has 1 saturated heterocycles. The third kappa shape index (κ3) is 3.30. The average Bonchev–Trinajstić information content (AvgIpc) is 2.76. The highest BCUT2D eigenvalue weighted by Crippen LogP contribution is 2.18. The normalized spacial score (nSPS) is 25.1. The summed E-state index contributed by atoms with van der Waals surface area (Å²) >= 11 is 0. The van der Waals surface area contributed by atoms with Gasteiger partial charge >= 0.3 is 0 Å². The topological polar surface area (TPSA) is 39.1 Å². The summed E-state index contributed by atoms with van der Waals surface area (Å²) < 4.78 is 7.77. The smallest absolute Gasteiger partial charge is 0.122 e. The highest BCUT2D eigenvalue weighted by Gasteiger charge is 2.27. The van der Waals surface area contributed by atoms with Gasteiger partial charge in [-0.3, -0.25) is 0 Å². The van der Waals surface area contributed by atoms with Gasteiger partial charge < -0.3 is 14.6 Å². The molecule has 2 rings (SSSR count). The summed E-state index contributed by atoms with van der Waals surface area (Å²) in [5, 5.41) is 3.59. The number of nitrogens with zero attached hydrogens (tertiary/aromatic N) is 2. The Balaban J connectivity index is 1.90. The van der Waals surface area contributed by atoms with Crippen LogP contribution in [0, 0.1) is 0 Å². The van der Waals surface area contributed by atoms with Crippen LogP contribution in [0.15, 0.2) is 12.4 Å². The first-order valence-electron chi connectivity index (χ1n) is 6.56. The van der Waals surface area contributed by atoms with Crippen molar-refractivity contribution in [3.63, 3.8) is 0 Å². The number of ether oxygens (including phenoxy) is 1. The third-order valence-electron chi connectivity index (χ3n) is 3.38. The lowest BCUT2D eigenvalue weighted by atomic mass is 9.95. The highest BCUT2D eigenvalue weighted by atomic mass is 16.5. The number of rotatable bonds is 5. The molecular weight excluding hydrogens is 214 g/mol. The minimum atomic E-state index is 0.112. The summed E-state index contributed by atoms with van der Waals surface area (Å²) in [6.45, 7) is 8.01. The minimum absolute atomic E-state index is 0.112. The number of nitrogens with one attached hydrogen (secondary N) is 1. The zero-order valence-electron chi connectivity index (χ0n) is 10.9. The van der Waals surface area contributed by atoms with E-state index >= 15 is 0 Å². The number of aromatic nitrogens is 2. The van der Waals surface area contributed by atoms with Crippen LogP contribution < -0.4 is 5.32 Å². The van der Waals surface area contributed by atoms with E-state index < -0.39 is 0 Å². The predicted octanol–water partition coefficient (Wildman–Crippen LogP) is 1.95. The molecule has 4 heteroatoms. The van der Waals surface area contributed by atoms with Gasteiger partial charge in [0.15, 0.2) is 0 Å². The summed E-state index contributed by atoms with van der Waals surface area (Å²) in [7, 11) is 0. The second-order valence-corrected chi connectivity index (χ2v) is 5.11. The summed E-state index contributed by atoms with van der Waals surface area (Å²) in [5.41, 5.74) is 0.112. The van der Waals surface area contributed by atoms with Crippen LogP contribution in [-0.4, -0.2) is 28.3 Å². The van der Waals surface area contributed by atoms with Crippen molar-refractivity contribution in [2.75, 3.05) is 13.2 Å². The Morgan fingerprint density at radius 1 is 1.59 bits per heavy atom. The first-order chi connectivity index (χ1) is 8.23. The van der Waals surface area contributed by atoms with Gasteiger partial charge in [-0.05, 0) is 26.2 Å². The van der Waals surface area contributed by atoms with E-state index in [9.17, 15) is 0 Å². The maximum absolute atomic E-state index is 5.54. The minimum Gasteiger partial charge on any atom is -0.380 e. The van der Waals surface area contributed by atoms with E-state index in [1.54, 1.807) is 0 Å². The van der Waals surface area contributed by atoms with Crippen LogP contribution in [0.3, 0.4) is 0 Å². The number of imidazole rings is 1. The van der Waals surface area contributed by atoms with Crippen molar-refractivity contribution in [3.8, 4) is 0 Å². The first kappa shape index (κ1) is 12.6. The van der Waals surface area contributed by atoms with Crippen LogP contribution in [0.25, 0.3) is 0 Å². The lowest BCUT2D eigenvalue weighted by Gasteiger charge is -2.34. The van der Waals surface area contributed by atoms with Gasteiger partial charge in [-0.2, -0.15) is 0 Å². The van der Waals surface area contributed by atoms with Gasteiger partial charge in [0.2, 0.25) is 0 Å². The summed E-state index contributed by atoms with van der Waals surface area (Å²) in [5.74, 6) is 1.12. The second-order valence-electron chi connectivity index (χ2n) is 5.11. The van der Waals surface area contributed by atoms with Gasteiger partial charge in [0.05, 0.1) is 13.2 Å². The predicted molar refractivity (Wildman–Crippen MR) is 67.8 cm³/mol.